The fourth-order valence-corrected chi connectivity index (χ4v) is 3.06. The highest BCUT2D eigenvalue weighted by molar-refractivity contribution is 9.10. The maximum absolute atomic E-state index is 12.0. The Balaban J connectivity index is 1.75. The molecule has 118 valence electrons. The van der Waals surface area contributed by atoms with Crippen molar-refractivity contribution in [3.8, 4) is 5.75 Å². The van der Waals surface area contributed by atoms with Crippen molar-refractivity contribution in [2.24, 2.45) is 4.99 Å². The van der Waals surface area contributed by atoms with Crippen LogP contribution in [-0.4, -0.2) is 17.7 Å². The van der Waals surface area contributed by atoms with Gasteiger partial charge in [0.05, 0.1) is 17.2 Å². The maximum atomic E-state index is 12.0. The van der Waals surface area contributed by atoms with Crippen LogP contribution in [0.25, 0.3) is 6.08 Å². The van der Waals surface area contributed by atoms with Gasteiger partial charge in [-0.1, -0.05) is 0 Å². The molecule has 2 aromatic rings. The van der Waals surface area contributed by atoms with Crippen LogP contribution in [0.3, 0.4) is 0 Å². The summed E-state index contributed by atoms with van der Waals surface area (Å²) in [5.74, 6) is 1.22. The normalized spacial score (nSPS) is 17.7. The highest BCUT2D eigenvalue weighted by Gasteiger charge is 2.24. The summed E-state index contributed by atoms with van der Waals surface area (Å²) in [5, 5.41) is 3.28. The van der Waals surface area contributed by atoms with Crippen LogP contribution in [0.5, 0.6) is 5.75 Å². The predicted octanol–water partition coefficient (Wildman–Crippen LogP) is 4.33. The molecule has 1 aromatic heterocycles. The van der Waals surface area contributed by atoms with Gasteiger partial charge in [0.1, 0.15) is 11.5 Å². The Morgan fingerprint density at radius 3 is 2.74 bits per heavy atom. The zero-order valence-corrected chi connectivity index (χ0v) is 14.6. The third kappa shape index (κ3) is 4.05. The lowest BCUT2D eigenvalue weighted by atomic mass is 10.3. The van der Waals surface area contributed by atoms with E-state index in [9.17, 15) is 4.79 Å². The smallest absolute Gasteiger partial charge is 0.264 e. The van der Waals surface area contributed by atoms with Gasteiger partial charge in [0.25, 0.3) is 5.91 Å². The molecule has 7 heteroatoms. The van der Waals surface area contributed by atoms with E-state index in [-0.39, 0.29) is 5.91 Å². The Labute approximate surface area is 145 Å². The van der Waals surface area contributed by atoms with Gasteiger partial charge in [0.2, 0.25) is 0 Å². The standard InChI is InChI=1S/C16H13BrN2O3S/c1-2-21-11-5-3-10(4-6-11)18-16-19-15(20)13(23-16)9-12-7-8-14(17)22-12/h3-9H,2H2,1H3,(H,18,19,20). The first-order chi connectivity index (χ1) is 11.1. The topological polar surface area (TPSA) is 63.8 Å². The second-order valence-electron chi connectivity index (χ2n) is 4.55. The van der Waals surface area contributed by atoms with Gasteiger partial charge < -0.3 is 14.5 Å². The summed E-state index contributed by atoms with van der Waals surface area (Å²) >= 11 is 4.51. The van der Waals surface area contributed by atoms with E-state index >= 15 is 0 Å². The number of thioether (sulfide) groups is 1. The van der Waals surface area contributed by atoms with Gasteiger partial charge in [-0.2, -0.15) is 0 Å². The first-order valence-electron chi connectivity index (χ1n) is 6.92. The van der Waals surface area contributed by atoms with Crippen LogP contribution in [0.4, 0.5) is 5.69 Å². The molecular weight excluding hydrogens is 380 g/mol. The van der Waals surface area contributed by atoms with Gasteiger partial charge in [0, 0.05) is 6.08 Å². The average Bonchev–Trinajstić information content (AvgIpc) is 3.08. The molecule has 23 heavy (non-hydrogen) atoms. The van der Waals surface area contributed by atoms with E-state index in [0.29, 0.717) is 27.1 Å². The van der Waals surface area contributed by atoms with E-state index in [4.69, 9.17) is 9.15 Å². The number of amidine groups is 1. The predicted molar refractivity (Wildman–Crippen MR) is 94.8 cm³/mol. The minimum Gasteiger partial charge on any atom is -0.494 e. The van der Waals surface area contributed by atoms with Crippen LogP contribution in [0, 0.1) is 0 Å². The quantitative estimate of drug-likeness (QED) is 0.786. The number of rotatable bonds is 4. The lowest BCUT2D eigenvalue weighted by Gasteiger charge is -2.02. The summed E-state index contributed by atoms with van der Waals surface area (Å²) in [4.78, 5) is 16.9. The number of carbonyl (C=O) groups excluding carboxylic acids is 1. The molecule has 1 saturated heterocycles. The van der Waals surface area contributed by atoms with Crippen molar-refractivity contribution in [3.63, 3.8) is 0 Å². The number of ether oxygens (including phenoxy) is 1. The largest absolute Gasteiger partial charge is 0.494 e. The minimum atomic E-state index is -0.188. The number of nitrogens with one attached hydrogen (secondary N) is 1. The molecule has 1 N–H and O–H groups in total. The van der Waals surface area contributed by atoms with Gasteiger partial charge in [-0.15, -0.1) is 0 Å². The van der Waals surface area contributed by atoms with Gasteiger partial charge in [-0.05, 0) is 71.0 Å². The Morgan fingerprint density at radius 2 is 2.09 bits per heavy atom. The number of furan rings is 1. The van der Waals surface area contributed by atoms with Crippen LogP contribution in [0.2, 0.25) is 0 Å². The number of carbonyl (C=O) groups is 1. The van der Waals surface area contributed by atoms with Crippen molar-refractivity contribution in [2.75, 3.05) is 6.61 Å². The Hall–Kier alpha value is -1.99. The van der Waals surface area contributed by atoms with Gasteiger partial charge in [0.15, 0.2) is 9.84 Å². The van der Waals surface area contributed by atoms with Crippen LogP contribution >= 0.6 is 27.7 Å². The monoisotopic (exact) mass is 392 g/mol. The summed E-state index contributed by atoms with van der Waals surface area (Å²) in [5.41, 5.74) is 0.748. The van der Waals surface area contributed by atoms with Crippen molar-refractivity contribution < 1.29 is 13.9 Å². The van der Waals surface area contributed by atoms with Gasteiger partial charge in [-0.3, -0.25) is 4.79 Å². The van der Waals surface area contributed by atoms with Crippen molar-refractivity contribution >= 4 is 50.5 Å². The number of aliphatic imine (C=N–C) groups is 1. The Morgan fingerprint density at radius 1 is 1.30 bits per heavy atom. The van der Waals surface area contributed by atoms with E-state index in [1.54, 1.807) is 18.2 Å². The molecule has 0 saturated carbocycles. The molecule has 0 bridgehead atoms. The summed E-state index contributed by atoms with van der Waals surface area (Å²) in [7, 11) is 0. The first kappa shape index (κ1) is 15.9. The molecule has 1 aromatic carbocycles. The number of amides is 1. The van der Waals surface area contributed by atoms with E-state index in [1.165, 1.54) is 11.8 Å². The zero-order valence-electron chi connectivity index (χ0n) is 12.2. The molecule has 1 aliphatic heterocycles. The zero-order chi connectivity index (χ0) is 16.2. The van der Waals surface area contributed by atoms with Gasteiger partial charge >= 0.3 is 0 Å². The summed E-state index contributed by atoms with van der Waals surface area (Å²) < 4.78 is 11.4. The summed E-state index contributed by atoms with van der Waals surface area (Å²) in [6.07, 6.45) is 1.69. The van der Waals surface area contributed by atoms with Crippen molar-refractivity contribution in [1.82, 2.24) is 5.32 Å². The molecule has 2 heterocycles. The van der Waals surface area contributed by atoms with E-state index in [2.05, 4.69) is 26.2 Å². The van der Waals surface area contributed by atoms with Crippen LogP contribution in [0.15, 0.2) is 55.4 Å². The number of benzene rings is 1. The summed E-state index contributed by atoms with van der Waals surface area (Å²) in [6.45, 7) is 2.56. The highest BCUT2D eigenvalue weighted by Crippen LogP contribution is 2.29. The molecular formula is C16H13BrN2O3S. The molecule has 1 amide bonds. The lowest BCUT2D eigenvalue weighted by molar-refractivity contribution is -0.115. The fraction of sp³-hybridized carbons (Fsp3) is 0.125. The highest BCUT2D eigenvalue weighted by atomic mass is 79.9. The molecule has 0 aliphatic carbocycles. The first-order valence-corrected chi connectivity index (χ1v) is 8.53. The Bertz CT molecular complexity index is 781. The van der Waals surface area contributed by atoms with Crippen molar-refractivity contribution in [3.05, 3.63) is 51.7 Å². The SMILES string of the molecule is CCOc1ccc(N=C2NC(=O)C(=Cc3ccc(Br)o3)S2)cc1. The third-order valence-electron chi connectivity index (χ3n) is 2.90. The molecule has 0 unspecified atom stereocenters. The second-order valence-corrected chi connectivity index (χ2v) is 6.36. The number of nitrogens with zero attached hydrogens (tertiary/aromatic N) is 1. The van der Waals surface area contributed by atoms with E-state index < -0.39 is 0 Å². The molecule has 0 spiro atoms. The molecule has 3 rings (SSSR count). The number of hydrogen-bond donors (Lipinski definition) is 1. The van der Waals surface area contributed by atoms with Crippen LogP contribution < -0.4 is 10.1 Å². The number of halogens is 1. The minimum absolute atomic E-state index is 0.188. The molecule has 1 fully saturated rings. The number of hydrogen-bond acceptors (Lipinski definition) is 5. The third-order valence-corrected chi connectivity index (χ3v) is 4.23. The summed E-state index contributed by atoms with van der Waals surface area (Å²) in [6, 6.07) is 10.9. The molecule has 0 radical (unpaired) electrons. The van der Waals surface area contributed by atoms with Crippen LogP contribution in [0.1, 0.15) is 12.7 Å². The Kier molecular flexibility index (Phi) is 4.88. The average molecular weight is 393 g/mol. The van der Waals surface area contributed by atoms with E-state index in [0.717, 1.165) is 11.4 Å². The maximum Gasteiger partial charge on any atom is 0.264 e. The molecule has 0 atom stereocenters. The fourth-order valence-electron chi connectivity index (χ4n) is 1.92. The molecule has 1 aliphatic rings. The lowest BCUT2D eigenvalue weighted by Crippen LogP contribution is -2.19. The van der Waals surface area contributed by atoms with Crippen molar-refractivity contribution in [1.29, 1.82) is 0 Å². The van der Waals surface area contributed by atoms with Crippen LogP contribution in [-0.2, 0) is 4.79 Å². The van der Waals surface area contributed by atoms with Crippen molar-refractivity contribution in [2.45, 2.75) is 6.92 Å². The second kappa shape index (κ2) is 7.06. The molecule has 5 nitrogen and oxygen atoms in total. The van der Waals surface area contributed by atoms with Gasteiger partial charge in [-0.25, -0.2) is 4.99 Å². The van der Waals surface area contributed by atoms with E-state index in [1.807, 2.05) is 31.2 Å².